The quantitative estimate of drug-likeness (QED) is 0.146. The van der Waals surface area contributed by atoms with Crippen molar-refractivity contribution in [1.82, 2.24) is 19.9 Å². The van der Waals surface area contributed by atoms with E-state index in [1.165, 1.54) is 12.1 Å². The Morgan fingerprint density at radius 1 is 0.405 bits per heavy atom. The molecule has 6 aromatic carbocycles. The Balaban J connectivity index is 1.22. The highest BCUT2D eigenvalue weighted by Gasteiger charge is 2.24. The van der Waals surface area contributed by atoms with Crippen LogP contribution in [0.4, 0.5) is 0 Å². The second kappa shape index (κ2) is 18.2. The Morgan fingerprint density at radius 3 is 0.959 bits per heavy atom. The molecule has 14 heteroatoms. The minimum absolute atomic E-state index is 0.00114. The number of aromatic amines is 2. The molecule has 14 nitrogen and oxygen atoms in total. The van der Waals surface area contributed by atoms with E-state index in [-0.39, 0.29) is 45.4 Å². The van der Waals surface area contributed by atoms with Crippen LogP contribution in [0, 0.1) is 55.4 Å². The topological polar surface area (TPSA) is 194 Å². The molecule has 4 N–H and O–H groups in total. The summed E-state index contributed by atoms with van der Waals surface area (Å²) in [4.78, 5) is 53.9. The third-order valence-electron chi connectivity index (χ3n) is 13.2. The first-order valence-electron chi connectivity index (χ1n) is 23.9. The molecule has 0 amide bonds. The zero-order valence-electron chi connectivity index (χ0n) is 41.7. The predicted octanol–water partition coefficient (Wildman–Crippen LogP) is 12.7. The number of benzene rings is 6. The number of hydrogen-bond acceptors (Lipinski definition) is 10. The lowest BCUT2D eigenvalue weighted by atomic mass is 10.1. The lowest BCUT2D eigenvalue weighted by Crippen LogP contribution is -2.19. The Labute approximate surface area is 424 Å². The molecule has 0 saturated carbocycles. The van der Waals surface area contributed by atoms with Crippen LogP contribution in [0.25, 0.3) is 55.7 Å². The Bertz CT molecular complexity index is 3800. The van der Waals surface area contributed by atoms with Crippen molar-refractivity contribution in [2.75, 3.05) is 0 Å². The van der Waals surface area contributed by atoms with Crippen LogP contribution >= 0.6 is 0 Å². The first-order chi connectivity index (χ1) is 35.6. The first kappa shape index (κ1) is 46.8. The summed E-state index contributed by atoms with van der Waals surface area (Å²) >= 11 is 0. The van der Waals surface area contributed by atoms with Gasteiger partial charge in [-0.25, -0.2) is 19.9 Å². The highest BCUT2D eigenvalue weighted by molar-refractivity contribution is 6.11. The zero-order chi connectivity index (χ0) is 51.7. The number of nitrogens with zero attached hydrogens (tertiary/aromatic N) is 4. The minimum atomic E-state index is -0.562. The fraction of sp³-hybridized carbons (Fsp3) is 0.133. The number of hydrogen-bond donors (Lipinski definition) is 2. The number of rotatable bonds is 8. The molecule has 2 aliphatic carbocycles. The van der Waals surface area contributed by atoms with Crippen LogP contribution in [0.15, 0.2) is 121 Å². The van der Waals surface area contributed by atoms with Crippen LogP contribution in [0.3, 0.4) is 0 Å². The molecule has 0 unspecified atom stereocenters. The van der Waals surface area contributed by atoms with E-state index in [0.29, 0.717) is 67.5 Å². The van der Waals surface area contributed by atoms with Gasteiger partial charge in [0.05, 0.1) is 11.4 Å². The molecule has 3 heterocycles. The molecule has 11 rings (SSSR count). The Hall–Kier alpha value is -9.56. The number of aliphatic hydroxyl groups excluding tert-OH is 2. The summed E-state index contributed by atoms with van der Waals surface area (Å²) in [6.45, 7) is 15.6. The Morgan fingerprint density at radius 2 is 0.676 bits per heavy atom. The predicted molar refractivity (Wildman–Crippen MR) is 281 cm³/mol. The van der Waals surface area contributed by atoms with E-state index < -0.39 is 23.1 Å². The van der Waals surface area contributed by atoms with Crippen LogP contribution in [0.5, 0.6) is 46.0 Å². The second-order valence-electron chi connectivity index (χ2n) is 18.7. The van der Waals surface area contributed by atoms with E-state index in [0.717, 1.165) is 56.7 Å². The highest BCUT2D eigenvalue weighted by Crippen LogP contribution is 2.45. The van der Waals surface area contributed by atoms with Crippen LogP contribution < -0.4 is 38.9 Å². The van der Waals surface area contributed by atoms with E-state index in [1.807, 2.05) is 128 Å². The number of allylic oxidation sites excluding steroid dienone is 2. The maximum absolute atomic E-state index is 13.9. The molecule has 366 valence electrons. The maximum Gasteiger partial charge on any atom is 0.205 e. The molecule has 8 bridgehead atoms. The number of aryl methyl sites for hydroxylation is 8. The lowest BCUT2D eigenvalue weighted by molar-refractivity contribution is -0.351. The summed E-state index contributed by atoms with van der Waals surface area (Å²) < 4.78 is 27.0. The standard InChI is InChI=1S/C60H48N6O8/c1-29-13-9-14-30(2)53(29)71-49-21-37-38(22-50(49)72-54-31(3)15-10-16-32(54)4)58-62-42-26-44(48(70)28-46(42)68)64-60-40-24-52(74-56-35(7)19-12-20-36(56)8)51(73-55-33(5)17-11-18-34(55)6)23-39(40)59(66-60)63-43-25-41(61-57(37)65-58)45(67)27-47(43)69/h9-28H,1-8H3,(H4,61,62,63,64,65,66,67,68,69,70). The molecule has 0 radical (unpaired) electrons. The minimum Gasteiger partial charge on any atom is -0.506 e. The fourth-order valence-corrected chi connectivity index (χ4v) is 9.27. The smallest absolute Gasteiger partial charge is 0.205 e. The number of carbonyl (C=O) groups is 2. The van der Waals surface area contributed by atoms with E-state index in [2.05, 4.69) is 9.97 Å². The number of H-pyrrole nitrogens is 2. The lowest BCUT2D eigenvalue weighted by Gasteiger charge is -2.17. The fourth-order valence-electron chi connectivity index (χ4n) is 9.27. The molecule has 0 aliphatic heterocycles. The second-order valence-corrected chi connectivity index (χ2v) is 18.7. The van der Waals surface area contributed by atoms with Crippen molar-refractivity contribution in [3.63, 3.8) is 0 Å². The van der Waals surface area contributed by atoms with Crippen LogP contribution in [0.2, 0.25) is 0 Å². The molecule has 0 fully saturated rings. The van der Waals surface area contributed by atoms with Crippen molar-refractivity contribution in [1.29, 1.82) is 0 Å². The van der Waals surface area contributed by atoms with Crippen LogP contribution in [-0.2, 0) is 0 Å². The van der Waals surface area contributed by atoms with Crippen molar-refractivity contribution in [2.24, 2.45) is 0 Å². The van der Waals surface area contributed by atoms with E-state index >= 15 is 0 Å². The van der Waals surface area contributed by atoms with Gasteiger partial charge >= 0.3 is 0 Å². The number of para-hydroxylation sites is 4. The van der Waals surface area contributed by atoms with Gasteiger partial charge in [0.2, 0.25) is 11.6 Å². The average molecular weight is 981 g/mol. The number of carbonyl (C=O) groups excluding carboxylic acids is 2. The third-order valence-corrected chi connectivity index (χ3v) is 13.2. The number of ether oxygens (including phenoxy) is 4. The van der Waals surface area contributed by atoms with Gasteiger partial charge in [0.1, 0.15) is 57.2 Å². The monoisotopic (exact) mass is 980 g/mol. The molecular weight excluding hydrogens is 933 g/mol. The van der Waals surface area contributed by atoms with E-state index in [1.54, 1.807) is 24.3 Å². The van der Waals surface area contributed by atoms with Gasteiger partial charge in [0.25, 0.3) is 0 Å². The molecule has 3 aromatic heterocycles. The number of ketones is 2. The zero-order valence-corrected chi connectivity index (χ0v) is 41.7. The third kappa shape index (κ3) is 8.51. The summed E-state index contributed by atoms with van der Waals surface area (Å²) in [7, 11) is 0. The van der Waals surface area contributed by atoms with Crippen molar-refractivity contribution in [3.8, 4) is 46.0 Å². The largest absolute Gasteiger partial charge is 0.506 e. The van der Waals surface area contributed by atoms with Gasteiger partial charge in [-0.05, 0) is 136 Å². The summed E-state index contributed by atoms with van der Waals surface area (Å²) in [5, 5.41) is 24.7. The molecule has 0 atom stereocenters. The van der Waals surface area contributed by atoms with E-state index in [9.17, 15) is 19.8 Å². The van der Waals surface area contributed by atoms with Crippen molar-refractivity contribution in [3.05, 3.63) is 189 Å². The highest BCUT2D eigenvalue weighted by atomic mass is 16.5. The van der Waals surface area contributed by atoms with Gasteiger partial charge in [-0.2, -0.15) is 0 Å². The first-order valence-corrected chi connectivity index (χ1v) is 23.9. The number of aliphatic hydroxyl groups is 2. The van der Waals surface area contributed by atoms with Gasteiger partial charge in [0.15, 0.2) is 34.3 Å². The molecule has 0 saturated heterocycles. The summed E-state index contributed by atoms with van der Waals surface area (Å²) in [5.74, 6) is 1.92. The molecular formula is C60H48N6O8. The molecule has 74 heavy (non-hydrogen) atoms. The average Bonchev–Trinajstić information content (AvgIpc) is 3.86. The number of nitrogens with one attached hydrogen (secondary N) is 2. The molecule has 9 aromatic rings. The maximum atomic E-state index is 13.9. The van der Waals surface area contributed by atoms with Crippen LogP contribution in [0.1, 0.15) is 76.9 Å². The Kier molecular flexibility index (Phi) is 11.5. The van der Waals surface area contributed by atoms with Gasteiger partial charge < -0.3 is 39.1 Å². The SMILES string of the molecule is Cc1cccc(C)c1Oc1cc2c3nc4cc([nH+]c5[n-]c(nc6cc([nH+]c([n-]3)c2cc1Oc1c(C)cccc1C)C(=O)C=C6O)c1cc(Oc2c(C)cccc2C)c(Oc2c(C)cccc2C)cc51)C(=O)C=C4O. The molecule has 2 aliphatic rings. The summed E-state index contributed by atoms with van der Waals surface area (Å²) in [5.41, 5.74) is 7.77. The molecule has 0 spiro atoms. The van der Waals surface area contributed by atoms with Gasteiger partial charge in [-0.1, -0.05) is 72.8 Å². The van der Waals surface area contributed by atoms with Crippen molar-refractivity contribution in [2.45, 2.75) is 55.4 Å². The summed E-state index contributed by atoms with van der Waals surface area (Å²) in [6, 6.07) is 33.3. The van der Waals surface area contributed by atoms with Crippen molar-refractivity contribution >= 4 is 67.2 Å². The normalized spacial score (nSPS) is 12.6. The summed E-state index contributed by atoms with van der Waals surface area (Å²) in [6.07, 6.45) is 2.13. The van der Waals surface area contributed by atoms with Gasteiger partial charge in [0, 0.05) is 33.7 Å². The van der Waals surface area contributed by atoms with Crippen LogP contribution in [-0.4, -0.2) is 31.7 Å². The van der Waals surface area contributed by atoms with E-state index in [4.69, 9.17) is 38.9 Å². The number of fused-ring (bicyclic) bond motifs is 14. The van der Waals surface area contributed by atoms with Gasteiger partial charge in [-0.3, -0.25) is 9.59 Å². The van der Waals surface area contributed by atoms with Gasteiger partial charge in [-0.15, -0.1) is 0 Å². The number of aromatic nitrogens is 6. The van der Waals surface area contributed by atoms with Crippen molar-refractivity contribution < 1.29 is 48.7 Å².